The molecule has 1 aliphatic heterocycles. The molecular weight excluding hydrogens is 351 g/mol. The van der Waals surface area contributed by atoms with Gasteiger partial charge in [-0.05, 0) is 43.2 Å². The molecule has 0 bridgehead atoms. The number of hydrogen-bond acceptors (Lipinski definition) is 4. The van der Waals surface area contributed by atoms with Crippen molar-refractivity contribution < 1.29 is 4.39 Å². The molecule has 28 heavy (non-hydrogen) atoms. The Morgan fingerprint density at radius 2 is 1.86 bits per heavy atom. The fourth-order valence-electron chi connectivity index (χ4n) is 3.03. The highest BCUT2D eigenvalue weighted by molar-refractivity contribution is 6.10. The summed E-state index contributed by atoms with van der Waals surface area (Å²) >= 11 is 0. The summed E-state index contributed by atoms with van der Waals surface area (Å²) in [6, 6.07) is 15.8. The van der Waals surface area contributed by atoms with E-state index < -0.39 is 12.2 Å². The van der Waals surface area contributed by atoms with Gasteiger partial charge in [0.25, 0.3) is 0 Å². The van der Waals surface area contributed by atoms with Crippen LogP contribution in [0.4, 0.5) is 10.1 Å². The van der Waals surface area contributed by atoms with E-state index in [0.717, 1.165) is 33.8 Å². The quantitative estimate of drug-likeness (QED) is 0.814. The smallest absolute Gasteiger partial charge is 0.157 e. The van der Waals surface area contributed by atoms with Gasteiger partial charge in [-0.25, -0.2) is 4.39 Å². The number of aryl methyl sites for hydroxylation is 1. The molecule has 4 nitrogen and oxygen atoms in total. The van der Waals surface area contributed by atoms with E-state index in [9.17, 15) is 4.39 Å². The molecule has 0 aliphatic carbocycles. The molecular formula is C23H27FN4. The molecule has 0 spiro atoms. The van der Waals surface area contributed by atoms with E-state index in [-0.39, 0.29) is 0 Å². The summed E-state index contributed by atoms with van der Waals surface area (Å²) in [6.07, 6.45) is 2.17. The largest absolute Gasteiger partial charge is 0.388 e. The standard InChI is InChI=1S/C23H27FN4/c1-16-6-4-5-7-21(16)23-12-20(14-26-15-22(24)17(2)28-23)27-13-18-8-10-19(25-3)11-9-18/h4-12,15,17,22,25,27H,13-14H2,1-3H3/b20-12+,26-15?,28-23?. The van der Waals surface area contributed by atoms with Crippen LogP contribution in [0.5, 0.6) is 0 Å². The van der Waals surface area contributed by atoms with Crippen LogP contribution in [0.1, 0.15) is 23.6 Å². The topological polar surface area (TPSA) is 48.8 Å². The molecule has 2 aromatic rings. The zero-order valence-corrected chi connectivity index (χ0v) is 16.6. The first kappa shape index (κ1) is 19.8. The van der Waals surface area contributed by atoms with Crippen LogP contribution in [0.15, 0.2) is 70.3 Å². The second-order valence-electron chi connectivity index (χ2n) is 6.97. The van der Waals surface area contributed by atoms with Crippen LogP contribution in [-0.4, -0.2) is 37.7 Å². The van der Waals surface area contributed by atoms with E-state index in [2.05, 4.69) is 32.8 Å². The van der Waals surface area contributed by atoms with Crippen LogP contribution >= 0.6 is 0 Å². The fourth-order valence-corrected chi connectivity index (χ4v) is 3.03. The Labute approximate surface area is 166 Å². The third-order valence-corrected chi connectivity index (χ3v) is 4.81. The van der Waals surface area contributed by atoms with Crippen molar-refractivity contribution in [2.75, 3.05) is 18.9 Å². The molecule has 0 aromatic heterocycles. The SMILES string of the molecule is CNc1ccc(CN/C2=C/C(c3ccccc3C)=NC(C)C(F)C=NC2)cc1. The number of nitrogens with zero attached hydrogens (tertiary/aromatic N) is 2. The molecule has 2 N–H and O–H groups in total. The molecule has 0 fully saturated rings. The van der Waals surface area contributed by atoms with Crippen molar-refractivity contribution in [3.05, 3.63) is 77.0 Å². The maximum atomic E-state index is 14.3. The normalized spacial score (nSPS) is 21.6. The monoisotopic (exact) mass is 378 g/mol. The number of allylic oxidation sites excluding steroid dienone is 1. The third kappa shape index (κ3) is 5.06. The Hall–Kier alpha value is -2.95. The third-order valence-electron chi connectivity index (χ3n) is 4.81. The second-order valence-corrected chi connectivity index (χ2v) is 6.97. The molecule has 0 radical (unpaired) electrons. The summed E-state index contributed by atoms with van der Waals surface area (Å²) < 4.78 is 14.3. The molecule has 146 valence electrons. The highest BCUT2D eigenvalue weighted by Crippen LogP contribution is 2.15. The van der Waals surface area contributed by atoms with Crippen LogP contribution in [0.25, 0.3) is 0 Å². The molecule has 1 aliphatic rings. The highest BCUT2D eigenvalue weighted by Gasteiger charge is 2.17. The lowest BCUT2D eigenvalue weighted by molar-refractivity contribution is 0.383. The molecule has 2 unspecified atom stereocenters. The molecule has 0 saturated carbocycles. The van der Waals surface area contributed by atoms with Crippen molar-refractivity contribution >= 4 is 17.6 Å². The Morgan fingerprint density at radius 1 is 1.11 bits per heavy atom. The molecule has 3 rings (SSSR count). The highest BCUT2D eigenvalue weighted by atomic mass is 19.1. The summed E-state index contributed by atoms with van der Waals surface area (Å²) in [4.78, 5) is 8.94. The van der Waals surface area contributed by atoms with E-state index >= 15 is 0 Å². The average molecular weight is 378 g/mol. The van der Waals surface area contributed by atoms with E-state index in [1.807, 2.05) is 56.4 Å². The Morgan fingerprint density at radius 3 is 2.57 bits per heavy atom. The number of aliphatic imine (C=N–C) groups is 2. The lowest BCUT2D eigenvalue weighted by atomic mass is 10.0. The van der Waals surface area contributed by atoms with E-state index in [4.69, 9.17) is 0 Å². The number of nitrogens with one attached hydrogen (secondary N) is 2. The van der Waals surface area contributed by atoms with Crippen molar-refractivity contribution in [3.63, 3.8) is 0 Å². The summed E-state index contributed by atoms with van der Waals surface area (Å²) in [6.45, 7) is 4.89. The Bertz CT molecular complexity index is 884. The number of alkyl halides is 1. The number of rotatable bonds is 5. The Kier molecular flexibility index (Phi) is 6.58. The van der Waals surface area contributed by atoms with Crippen LogP contribution in [0.2, 0.25) is 0 Å². The summed E-state index contributed by atoms with van der Waals surface area (Å²) in [5.41, 5.74) is 6.06. The van der Waals surface area contributed by atoms with Crippen LogP contribution in [0.3, 0.4) is 0 Å². The lowest BCUT2D eigenvalue weighted by Gasteiger charge is -2.13. The summed E-state index contributed by atoms with van der Waals surface area (Å²) in [5.74, 6) is 0. The molecule has 0 saturated heterocycles. The first-order valence-corrected chi connectivity index (χ1v) is 9.56. The minimum Gasteiger partial charge on any atom is -0.388 e. The van der Waals surface area contributed by atoms with Crippen molar-refractivity contribution in [2.24, 2.45) is 9.98 Å². The van der Waals surface area contributed by atoms with Gasteiger partial charge < -0.3 is 10.6 Å². The fraction of sp³-hybridized carbons (Fsp3) is 0.304. The van der Waals surface area contributed by atoms with Gasteiger partial charge in [-0.3, -0.25) is 9.98 Å². The van der Waals surface area contributed by atoms with E-state index in [1.165, 1.54) is 6.21 Å². The van der Waals surface area contributed by atoms with Gasteiger partial charge in [-0.1, -0.05) is 36.4 Å². The number of anilines is 1. The maximum Gasteiger partial charge on any atom is 0.157 e. The van der Waals surface area contributed by atoms with Crippen LogP contribution in [0, 0.1) is 6.92 Å². The summed E-state index contributed by atoms with van der Waals surface area (Å²) in [7, 11) is 1.90. The van der Waals surface area contributed by atoms with Gasteiger partial charge in [-0.2, -0.15) is 0 Å². The van der Waals surface area contributed by atoms with Crippen molar-refractivity contribution in [2.45, 2.75) is 32.6 Å². The van der Waals surface area contributed by atoms with Crippen molar-refractivity contribution in [3.8, 4) is 0 Å². The molecule has 1 heterocycles. The predicted octanol–water partition coefficient (Wildman–Crippen LogP) is 4.31. The van der Waals surface area contributed by atoms with Crippen molar-refractivity contribution in [1.82, 2.24) is 5.32 Å². The van der Waals surface area contributed by atoms with E-state index in [1.54, 1.807) is 6.92 Å². The zero-order valence-electron chi connectivity index (χ0n) is 16.6. The zero-order chi connectivity index (χ0) is 19.9. The van der Waals surface area contributed by atoms with Crippen LogP contribution < -0.4 is 10.6 Å². The summed E-state index contributed by atoms with van der Waals surface area (Å²) in [5, 5.41) is 6.56. The first-order valence-electron chi connectivity index (χ1n) is 9.56. The first-order chi connectivity index (χ1) is 13.6. The van der Waals surface area contributed by atoms with Gasteiger partial charge in [0, 0.05) is 36.8 Å². The van der Waals surface area contributed by atoms with Gasteiger partial charge in [0.1, 0.15) is 0 Å². The number of benzene rings is 2. The van der Waals surface area contributed by atoms with Crippen LogP contribution in [-0.2, 0) is 6.54 Å². The molecule has 0 amide bonds. The second kappa shape index (κ2) is 9.31. The van der Waals surface area contributed by atoms with Gasteiger partial charge in [0.2, 0.25) is 0 Å². The molecule has 5 heteroatoms. The van der Waals surface area contributed by atoms with Gasteiger partial charge in [-0.15, -0.1) is 0 Å². The lowest BCUT2D eigenvalue weighted by Crippen LogP contribution is -2.19. The van der Waals surface area contributed by atoms with Gasteiger partial charge in [0.05, 0.1) is 18.3 Å². The average Bonchev–Trinajstić information content (AvgIpc) is 2.77. The molecule has 2 atom stereocenters. The Balaban J connectivity index is 1.87. The molecule has 2 aromatic carbocycles. The predicted molar refractivity (Wildman–Crippen MR) is 116 cm³/mol. The minimum absolute atomic E-state index is 0.395. The maximum absolute atomic E-state index is 14.3. The minimum atomic E-state index is -1.19. The van der Waals surface area contributed by atoms with Crippen molar-refractivity contribution in [1.29, 1.82) is 0 Å². The van der Waals surface area contributed by atoms with E-state index in [0.29, 0.717) is 13.1 Å². The van der Waals surface area contributed by atoms with Gasteiger partial charge >= 0.3 is 0 Å². The number of hydrogen-bond donors (Lipinski definition) is 2. The van der Waals surface area contributed by atoms with Gasteiger partial charge in [0.15, 0.2) is 6.17 Å². The number of halogens is 1.